The van der Waals surface area contributed by atoms with Crippen molar-refractivity contribution in [2.24, 2.45) is 17.8 Å². The average molecular weight is 437 g/mol. The van der Waals surface area contributed by atoms with Crippen LogP contribution in [0.3, 0.4) is 0 Å². The summed E-state index contributed by atoms with van der Waals surface area (Å²) in [5, 5.41) is 14.6. The van der Waals surface area contributed by atoms with Crippen LogP contribution in [-0.4, -0.2) is 42.3 Å². The molecule has 2 aromatic carbocycles. The highest BCUT2D eigenvalue weighted by Crippen LogP contribution is 2.44. The van der Waals surface area contributed by atoms with Crippen molar-refractivity contribution in [2.75, 3.05) is 13.2 Å². The van der Waals surface area contributed by atoms with Gasteiger partial charge >= 0.3 is 12.1 Å². The molecule has 0 aliphatic heterocycles. The number of alkyl carbamates (subject to hydrolysis) is 1. The maximum atomic E-state index is 12.3. The highest BCUT2D eigenvalue weighted by molar-refractivity contribution is 5.87. The summed E-state index contributed by atoms with van der Waals surface area (Å²) in [5.41, 5.74) is 4.65. The van der Waals surface area contributed by atoms with E-state index in [0.29, 0.717) is 13.0 Å². The molecule has 0 aromatic heterocycles. The summed E-state index contributed by atoms with van der Waals surface area (Å²) in [7, 11) is 0. The standard InChI is InChI=1S/C25H28N2O5/c1-14(2)22(24(29)30)27-23(28)20-11-15(20)12-26-25(31)32-13-21-18-9-5-3-7-16(18)17-8-4-6-10-19(17)21/h3-10,14-15,20-22H,11-13H2,1-2H3,(H,26,31)(H,27,28)(H,29,30)/t15-,20-,22-/m0/s1. The number of nitrogens with one attached hydrogen (secondary N) is 2. The molecule has 4 rings (SSSR count). The molecule has 2 aliphatic carbocycles. The van der Waals surface area contributed by atoms with Crippen LogP contribution in [0.4, 0.5) is 4.79 Å². The summed E-state index contributed by atoms with van der Waals surface area (Å²) in [6, 6.07) is 15.4. The number of hydrogen-bond donors (Lipinski definition) is 3. The van der Waals surface area contributed by atoms with Gasteiger partial charge in [-0.3, -0.25) is 4.79 Å². The second-order valence-corrected chi connectivity index (χ2v) is 8.88. The third-order valence-corrected chi connectivity index (χ3v) is 6.34. The van der Waals surface area contributed by atoms with Crippen LogP contribution in [0.2, 0.25) is 0 Å². The van der Waals surface area contributed by atoms with Gasteiger partial charge in [-0.25, -0.2) is 9.59 Å². The van der Waals surface area contributed by atoms with Crippen LogP contribution in [0, 0.1) is 17.8 Å². The Bertz CT molecular complexity index is 989. The number of carboxylic acid groups (broad SMARTS) is 1. The van der Waals surface area contributed by atoms with Crippen molar-refractivity contribution in [3.8, 4) is 11.1 Å². The third kappa shape index (κ3) is 4.47. The van der Waals surface area contributed by atoms with E-state index in [1.807, 2.05) is 24.3 Å². The highest BCUT2D eigenvalue weighted by atomic mass is 16.5. The van der Waals surface area contributed by atoms with Crippen LogP contribution in [0.25, 0.3) is 11.1 Å². The number of rotatable bonds is 8. The molecule has 2 aromatic rings. The molecule has 0 spiro atoms. The van der Waals surface area contributed by atoms with Gasteiger partial charge in [0.05, 0.1) is 0 Å². The van der Waals surface area contributed by atoms with E-state index in [9.17, 15) is 19.5 Å². The number of ether oxygens (including phenoxy) is 1. The first-order valence-electron chi connectivity index (χ1n) is 11.0. The number of carbonyl (C=O) groups is 3. The van der Waals surface area contributed by atoms with Crippen LogP contribution >= 0.6 is 0 Å². The van der Waals surface area contributed by atoms with Crippen molar-refractivity contribution in [3.63, 3.8) is 0 Å². The molecule has 7 heteroatoms. The molecule has 2 amide bonds. The fourth-order valence-electron chi connectivity index (χ4n) is 4.43. The summed E-state index contributed by atoms with van der Waals surface area (Å²) >= 11 is 0. The summed E-state index contributed by atoms with van der Waals surface area (Å²) in [5.74, 6) is -1.79. The topological polar surface area (TPSA) is 105 Å². The van der Waals surface area contributed by atoms with Gasteiger partial charge in [-0.05, 0) is 40.5 Å². The quantitative estimate of drug-likeness (QED) is 0.588. The molecule has 1 fully saturated rings. The molecule has 168 valence electrons. The first kappa shape index (κ1) is 21.9. The molecule has 3 atom stereocenters. The van der Waals surface area contributed by atoms with Gasteiger partial charge in [0, 0.05) is 18.4 Å². The highest BCUT2D eigenvalue weighted by Gasteiger charge is 2.44. The van der Waals surface area contributed by atoms with E-state index >= 15 is 0 Å². The van der Waals surface area contributed by atoms with Crippen molar-refractivity contribution < 1.29 is 24.2 Å². The van der Waals surface area contributed by atoms with Crippen molar-refractivity contribution in [2.45, 2.75) is 32.2 Å². The molecule has 0 unspecified atom stereocenters. The van der Waals surface area contributed by atoms with Crippen LogP contribution in [0.15, 0.2) is 48.5 Å². The second-order valence-electron chi connectivity index (χ2n) is 8.88. The number of fused-ring (bicyclic) bond motifs is 3. The van der Waals surface area contributed by atoms with Crippen molar-refractivity contribution in [1.82, 2.24) is 10.6 Å². The van der Waals surface area contributed by atoms with Crippen molar-refractivity contribution in [1.29, 1.82) is 0 Å². The van der Waals surface area contributed by atoms with Gasteiger partial charge < -0.3 is 20.5 Å². The summed E-state index contributed by atoms with van der Waals surface area (Å²) in [6.07, 6.45) is 0.114. The number of carbonyl (C=O) groups excluding carboxylic acids is 2. The van der Waals surface area contributed by atoms with Gasteiger partial charge in [0.15, 0.2) is 0 Å². The molecule has 32 heavy (non-hydrogen) atoms. The summed E-state index contributed by atoms with van der Waals surface area (Å²) in [4.78, 5) is 35.8. The monoisotopic (exact) mass is 436 g/mol. The Labute approximate surface area is 187 Å². The molecule has 1 saturated carbocycles. The maximum Gasteiger partial charge on any atom is 0.407 e. The third-order valence-electron chi connectivity index (χ3n) is 6.34. The number of benzene rings is 2. The first-order chi connectivity index (χ1) is 15.4. The Kier molecular flexibility index (Phi) is 6.17. The van der Waals surface area contributed by atoms with E-state index in [1.165, 1.54) is 11.1 Å². The van der Waals surface area contributed by atoms with E-state index in [0.717, 1.165) is 11.1 Å². The van der Waals surface area contributed by atoms with Gasteiger partial charge in [-0.15, -0.1) is 0 Å². The van der Waals surface area contributed by atoms with Crippen LogP contribution in [0.1, 0.15) is 37.3 Å². The minimum atomic E-state index is -1.04. The van der Waals surface area contributed by atoms with Crippen molar-refractivity contribution >= 4 is 18.0 Å². The Hall–Kier alpha value is -3.35. The van der Waals surface area contributed by atoms with E-state index in [1.54, 1.807) is 13.8 Å². The molecule has 3 N–H and O–H groups in total. The Balaban J connectivity index is 1.26. The summed E-state index contributed by atoms with van der Waals surface area (Å²) in [6.45, 7) is 4.07. The SMILES string of the molecule is CC(C)[C@H](NC(=O)[C@H]1C[C@H]1CNC(=O)OCC1c2ccccc2-c2ccccc21)C(=O)O. The van der Waals surface area contributed by atoms with Crippen LogP contribution in [0.5, 0.6) is 0 Å². The van der Waals surface area contributed by atoms with E-state index in [-0.39, 0.29) is 36.2 Å². The van der Waals surface area contributed by atoms with Gasteiger partial charge in [-0.1, -0.05) is 62.4 Å². The Morgan fingerprint density at radius 3 is 2.19 bits per heavy atom. The van der Waals surface area contributed by atoms with E-state index in [2.05, 4.69) is 34.9 Å². The van der Waals surface area contributed by atoms with Gasteiger partial charge in [-0.2, -0.15) is 0 Å². The zero-order chi connectivity index (χ0) is 22.8. The van der Waals surface area contributed by atoms with Gasteiger partial charge in [0.1, 0.15) is 12.6 Å². The number of aliphatic carboxylic acids is 1. The fourth-order valence-corrected chi connectivity index (χ4v) is 4.43. The Morgan fingerprint density at radius 2 is 1.62 bits per heavy atom. The molecule has 0 bridgehead atoms. The molecule has 0 heterocycles. The fraction of sp³-hybridized carbons (Fsp3) is 0.400. The van der Waals surface area contributed by atoms with E-state index in [4.69, 9.17) is 4.74 Å². The number of amides is 2. The minimum absolute atomic E-state index is 0.00269. The van der Waals surface area contributed by atoms with Crippen molar-refractivity contribution in [3.05, 3.63) is 59.7 Å². The minimum Gasteiger partial charge on any atom is -0.480 e. The molecule has 7 nitrogen and oxygen atoms in total. The lowest BCUT2D eigenvalue weighted by molar-refractivity contribution is -0.143. The van der Waals surface area contributed by atoms with Crippen LogP contribution < -0.4 is 10.6 Å². The lowest BCUT2D eigenvalue weighted by Crippen LogP contribution is -2.45. The largest absolute Gasteiger partial charge is 0.480 e. The summed E-state index contributed by atoms with van der Waals surface area (Å²) < 4.78 is 5.51. The first-order valence-corrected chi connectivity index (χ1v) is 11.0. The predicted molar refractivity (Wildman–Crippen MR) is 119 cm³/mol. The average Bonchev–Trinajstić information content (AvgIpc) is 3.49. The van der Waals surface area contributed by atoms with Crippen LogP contribution in [-0.2, 0) is 14.3 Å². The number of hydrogen-bond acceptors (Lipinski definition) is 4. The number of carboxylic acids is 1. The normalized spacial score (nSPS) is 19.6. The lowest BCUT2D eigenvalue weighted by Gasteiger charge is -2.18. The smallest absolute Gasteiger partial charge is 0.407 e. The molecule has 0 saturated heterocycles. The van der Waals surface area contributed by atoms with Gasteiger partial charge in [0.25, 0.3) is 0 Å². The lowest BCUT2D eigenvalue weighted by atomic mass is 9.98. The zero-order valence-corrected chi connectivity index (χ0v) is 18.2. The Morgan fingerprint density at radius 1 is 1.03 bits per heavy atom. The predicted octanol–water partition coefficient (Wildman–Crippen LogP) is 3.39. The maximum absolute atomic E-state index is 12.3. The molecular weight excluding hydrogens is 408 g/mol. The molecule has 0 radical (unpaired) electrons. The molecule has 2 aliphatic rings. The second kappa shape index (κ2) is 9.02. The zero-order valence-electron chi connectivity index (χ0n) is 18.2. The van der Waals surface area contributed by atoms with E-state index < -0.39 is 18.1 Å². The van der Waals surface area contributed by atoms with Gasteiger partial charge in [0.2, 0.25) is 5.91 Å². The molecular formula is C25H28N2O5.